The molecule has 3 rings (SSSR count). The van der Waals surface area contributed by atoms with Crippen LogP contribution in [-0.2, 0) is 6.18 Å². The van der Waals surface area contributed by atoms with Gasteiger partial charge in [-0.15, -0.1) is 5.10 Å². The van der Waals surface area contributed by atoms with Crippen molar-refractivity contribution in [1.29, 1.82) is 0 Å². The Labute approximate surface area is 144 Å². The first-order valence-corrected chi connectivity index (χ1v) is 7.18. The maximum atomic E-state index is 12.7. The number of hydrogen-bond acceptors (Lipinski definition) is 6. The third kappa shape index (κ3) is 3.77. The largest absolute Gasteiger partial charge is 0.433 e. The van der Waals surface area contributed by atoms with E-state index in [1.807, 2.05) is 0 Å². The second kappa shape index (κ2) is 6.78. The van der Waals surface area contributed by atoms with Crippen LogP contribution in [0.4, 0.5) is 23.8 Å². The summed E-state index contributed by atoms with van der Waals surface area (Å²) >= 11 is 0. The minimum absolute atomic E-state index is 0.168. The van der Waals surface area contributed by atoms with Gasteiger partial charge >= 0.3 is 12.3 Å². The van der Waals surface area contributed by atoms with Gasteiger partial charge in [-0.05, 0) is 34.7 Å². The van der Waals surface area contributed by atoms with Crippen LogP contribution >= 0.6 is 0 Å². The van der Waals surface area contributed by atoms with Crippen LogP contribution < -0.4 is 9.64 Å². The van der Waals surface area contributed by atoms with Crippen molar-refractivity contribution in [3.8, 4) is 11.4 Å². The third-order valence-corrected chi connectivity index (χ3v) is 3.28. The molecule has 2 heterocycles. The van der Waals surface area contributed by atoms with E-state index in [1.54, 1.807) is 12.1 Å². The van der Waals surface area contributed by atoms with E-state index < -0.39 is 18.0 Å². The molecule has 0 aliphatic carbocycles. The number of hydrogen-bond donors (Lipinski definition) is 0. The molecule has 0 bridgehead atoms. The molecule has 0 spiro atoms. The number of ether oxygens (including phenoxy) is 1. The fraction of sp³-hybridized carbons (Fsp3) is 0.133. The summed E-state index contributed by atoms with van der Waals surface area (Å²) in [6.45, 7) is 0. The van der Waals surface area contributed by atoms with Gasteiger partial charge in [-0.2, -0.15) is 13.2 Å². The summed E-state index contributed by atoms with van der Waals surface area (Å²) in [5, 5.41) is 10.7. The van der Waals surface area contributed by atoms with Crippen molar-refractivity contribution in [3.63, 3.8) is 0 Å². The molecule has 134 valence electrons. The van der Waals surface area contributed by atoms with Gasteiger partial charge in [0.2, 0.25) is 0 Å². The topological polar surface area (TPSA) is 86.0 Å². The van der Waals surface area contributed by atoms with E-state index in [4.69, 9.17) is 4.74 Å². The summed E-state index contributed by atoms with van der Waals surface area (Å²) in [6, 6.07) is 9.56. The molecule has 0 aliphatic heterocycles. The third-order valence-electron chi connectivity index (χ3n) is 3.28. The number of benzene rings is 1. The molecule has 0 saturated carbocycles. The average molecular weight is 364 g/mol. The van der Waals surface area contributed by atoms with E-state index >= 15 is 0 Å². The van der Waals surface area contributed by atoms with Crippen LogP contribution in [0.2, 0.25) is 0 Å². The van der Waals surface area contributed by atoms with Crippen molar-refractivity contribution in [2.24, 2.45) is 0 Å². The van der Waals surface area contributed by atoms with E-state index in [0.29, 0.717) is 5.69 Å². The van der Waals surface area contributed by atoms with Crippen LogP contribution in [0.25, 0.3) is 5.69 Å². The van der Waals surface area contributed by atoms with Crippen LogP contribution in [0.1, 0.15) is 5.69 Å². The summed E-state index contributed by atoms with van der Waals surface area (Å²) < 4.78 is 44.8. The lowest BCUT2D eigenvalue weighted by atomic mass is 10.3. The molecular formula is C15H11F3N6O2. The Morgan fingerprint density at radius 3 is 2.65 bits per heavy atom. The predicted molar refractivity (Wildman–Crippen MR) is 82.8 cm³/mol. The first-order valence-electron chi connectivity index (χ1n) is 7.18. The van der Waals surface area contributed by atoms with Gasteiger partial charge in [-0.25, -0.2) is 14.5 Å². The molecule has 3 aromatic rings. The van der Waals surface area contributed by atoms with Gasteiger partial charge in [-0.1, -0.05) is 12.1 Å². The van der Waals surface area contributed by atoms with Crippen LogP contribution in [0, 0.1) is 0 Å². The number of carbonyl (C=O) groups is 1. The summed E-state index contributed by atoms with van der Waals surface area (Å²) in [5.74, 6) is -0.0247. The van der Waals surface area contributed by atoms with Gasteiger partial charge in [0.05, 0.1) is 5.69 Å². The monoisotopic (exact) mass is 364 g/mol. The molecule has 26 heavy (non-hydrogen) atoms. The number of aromatic nitrogens is 5. The predicted octanol–water partition coefficient (Wildman–Crippen LogP) is 2.71. The first kappa shape index (κ1) is 17.3. The molecule has 1 amide bonds. The summed E-state index contributed by atoms with van der Waals surface area (Å²) in [5.41, 5.74) is -0.560. The Balaban J connectivity index is 1.77. The minimum atomic E-state index is -4.61. The van der Waals surface area contributed by atoms with Crippen molar-refractivity contribution in [2.75, 3.05) is 11.9 Å². The lowest BCUT2D eigenvalue weighted by Crippen LogP contribution is -2.30. The quantitative estimate of drug-likeness (QED) is 0.710. The lowest BCUT2D eigenvalue weighted by Gasteiger charge is -2.17. The number of carbonyl (C=O) groups excluding carboxylic acids is 1. The highest BCUT2D eigenvalue weighted by atomic mass is 19.4. The molecule has 0 atom stereocenters. The summed E-state index contributed by atoms with van der Waals surface area (Å²) in [4.78, 5) is 16.5. The van der Waals surface area contributed by atoms with Crippen molar-refractivity contribution in [3.05, 3.63) is 54.5 Å². The highest BCUT2D eigenvalue weighted by Gasteiger charge is 2.33. The Bertz CT molecular complexity index is 914. The SMILES string of the molecule is CN(C(=O)Oc1cccc(-n2cnnn2)c1)c1cccc(C(F)(F)F)n1. The van der Waals surface area contributed by atoms with Crippen molar-refractivity contribution in [2.45, 2.75) is 6.18 Å². The fourth-order valence-electron chi connectivity index (χ4n) is 2.00. The van der Waals surface area contributed by atoms with Gasteiger partial charge in [0, 0.05) is 13.1 Å². The Morgan fingerprint density at radius 1 is 1.19 bits per heavy atom. The van der Waals surface area contributed by atoms with Gasteiger partial charge in [-0.3, -0.25) is 4.90 Å². The molecule has 8 nitrogen and oxygen atoms in total. The van der Waals surface area contributed by atoms with Gasteiger partial charge in [0.25, 0.3) is 0 Å². The van der Waals surface area contributed by atoms with Crippen LogP contribution in [0.15, 0.2) is 48.8 Å². The fourth-order valence-corrected chi connectivity index (χ4v) is 2.00. The highest BCUT2D eigenvalue weighted by Crippen LogP contribution is 2.29. The zero-order valence-electron chi connectivity index (χ0n) is 13.3. The maximum Gasteiger partial charge on any atom is 0.433 e. The molecule has 1 aromatic carbocycles. The van der Waals surface area contributed by atoms with E-state index in [-0.39, 0.29) is 11.6 Å². The van der Waals surface area contributed by atoms with Crippen molar-refractivity contribution in [1.82, 2.24) is 25.2 Å². The average Bonchev–Trinajstić information content (AvgIpc) is 3.15. The number of alkyl halides is 3. The molecule has 0 aliphatic rings. The first-order chi connectivity index (χ1) is 12.3. The number of rotatable bonds is 3. The van der Waals surface area contributed by atoms with Crippen LogP contribution in [0.3, 0.4) is 0 Å². The van der Waals surface area contributed by atoms with Crippen LogP contribution in [0.5, 0.6) is 5.75 Å². The van der Waals surface area contributed by atoms with E-state index in [0.717, 1.165) is 17.0 Å². The molecule has 11 heteroatoms. The standard InChI is InChI=1S/C15H11F3N6O2/c1-23(13-7-3-6-12(20-13)15(16,17)18)14(25)26-11-5-2-4-10(8-11)24-9-19-21-22-24/h2-9H,1H3. The minimum Gasteiger partial charge on any atom is -0.410 e. The zero-order chi connectivity index (χ0) is 18.7. The molecule has 0 N–H and O–H groups in total. The Hall–Kier alpha value is -3.50. The lowest BCUT2D eigenvalue weighted by molar-refractivity contribution is -0.141. The Morgan fingerprint density at radius 2 is 1.96 bits per heavy atom. The van der Waals surface area contributed by atoms with Gasteiger partial charge < -0.3 is 4.74 Å². The Kier molecular flexibility index (Phi) is 4.52. The molecule has 0 fully saturated rings. The van der Waals surface area contributed by atoms with Gasteiger partial charge in [0.15, 0.2) is 0 Å². The summed E-state index contributed by atoms with van der Waals surface area (Å²) in [6.07, 6.45) is -4.15. The normalized spacial score (nSPS) is 11.2. The van der Waals surface area contributed by atoms with E-state index in [2.05, 4.69) is 20.5 Å². The molecular weight excluding hydrogens is 353 g/mol. The molecule has 0 radical (unpaired) electrons. The highest BCUT2D eigenvalue weighted by molar-refractivity contribution is 5.87. The van der Waals surface area contributed by atoms with Crippen LogP contribution in [-0.4, -0.2) is 38.3 Å². The number of amides is 1. The van der Waals surface area contributed by atoms with Crippen molar-refractivity contribution >= 4 is 11.9 Å². The maximum absolute atomic E-state index is 12.7. The number of tetrazole rings is 1. The molecule has 0 saturated heterocycles. The van der Waals surface area contributed by atoms with Crippen molar-refractivity contribution < 1.29 is 22.7 Å². The molecule has 0 unspecified atom stereocenters. The number of halogens is 3. The van der Waals surface area contributed by atoms with E-state index in [1.165, 1.54) is 36.3 Å². The molecule has 2 aromatic heterocycles. The zero-order valence-corrected chi connectivity index (χ0v) is 13.3. The van der Waals surface area contributed by atoms with E-state index in [9.17, 15) is 18.0 Å². The second-order valence-corrected chi connectivity index (χ2v) is 5.06. The number of anilines is 1. The summed E-state index contributed by atoms with van der Waals surface area (Å²) in [7, 11) is 1.26. The smallest absolute Gasteiger partial charge is 0.410 e. The number of nitrogens with zero attached hydrogens (tertiary/aromatic N) is 6. The second-order valence-electron chi connectivity index (χ2n) is 5.06. The number of pyridine rings is 1. The van der Waals surface area contributed by atoms with Gasteiger partial charge in [0.1, 0.15) is 23.6 Å².